The monoisotopic (exact) mass is 182 g/mol. The van der Waals surface area contributed by atoms with Crippen LogP contribution in [0.4, 0.5) is 0 Å². The Kier molecular flexibility index (Phi) is 2.41. The lowest BCUT2D eigenvalue weighted by molar-refractivity contribution is -0.104. The zero-order valence-electron chi connectivity index (χ0n) is 7.68. The maximum atomic E-state index is 10.2. The van der Waals surface area contributed by atoms with Gasteiger partial charge in [0.25, 0.3) is 0 Å². The van der Waals surface area contributed by atoms with E-state index in [1.54, 1.807) is 0 Å². The van der Waals surface area contributed by atoms with Crippen LogP contribution in [-0.2, 0) is 4.79 Å². The lowest BCUT2D eigenvalue weighted by Crippen LogP contribution is -1.77. The van der Waals surface area contributed by atoms with Crippen LogP contribution in [0.25, 0.3) is 16.8 Å². The standard InChI is InChI=1S/C13H10O/c14-10-4-8-12-7-3-6-11-5-1-2-9-13(11)12/h1-10H. The van der Waals surface area contributed by atoms with Gasteiger partial charge in [0, 0.05) is 0 Å². The quantitative estimate of drug-likeness (QED) is 0.515. The van der Waals surface area contributed by atoms with E-state index in [-0.39, 0.29) is 0 Å². The van der Waals surface area contributed by atoms with Crippen molar-refractivity contribution in [1.82, 2.24) is 0 Å². The van der Waals surface area contributed by atoms with Crippen molar-refractivity contribution in [3.8, 4) is 0 Å². The first kappa shape index (κ1) is 8.70. The van der Waals surface area contributed by atoms with Crippen molar-refractivity contribution in [3.63, 3.8) is 0 Å². The molecule has 1 heteroatoms. The Morgan fingerprint density at radius 3 is 2.57 bits per heavy atom. The molecule has 0 amide bonds. The lowest BCUT2D eigenvalue weighted by Gasteiger charge is -2.00. The first-order chi connectivity index (χ1) is 6.92. The number of benzene rings is 2. The molecule has 0 aliphatic heterocycles. The Bertz CT molecular complexity index is 478. The SMILES string of the molecule is O=CC=Cc1cccc2ccccc12. The average molecular weight is 182 g/mol. The summed E-state index contributed by atoms with van der Waals surface area (Å²) in [6.07, 6.45) is 4.14. The molecule has 0 radical (unpaired) electrons. The van der Waals surface area contributed by atoms with Crippen molar-refractivity contribution in [1.29, 1.82) is 0 Å². The van der Waals surface area contributed by atoms with E-state index in [1.807, 2.05) is 30.3 Å². The van der Waals surface area contributed by atoms with E-state index >= 15 is 0 Å². The van der Waals surface area contributed by atoms with E-state index in [0.29, 0.717) is 0 Å². The molecular formula is C13H10O. The summed E-state index contributed by atoms with van der Waals surface area (Å²) in [4.78, 5) is 10.2. The zero-order chi connectivity index (χ0) is 9.80. The van der Waals surface area contributed by atoms with Crippen LogP contribution in [0.5, 0.6) is 0 Å². The van der Waals surface area contributed by atoms with E-state index in [9.17, 15) is 4.79 Å². The summed E-state index contributed by atoms with van der Waals surface area (Å²) in [6.45, 7) is 0. The predicted molar refractivity (Wildman–Crippen MR) is 59.0 cm³/mol. The van der Waals surface area contributed by atoms with Crippen LogP contribution in [-0.4, -0.2) is 6.29 Å². The van der Waals surface area contributed by atoms with Crippen LogP contribution in [0.1, 0.15) is 5.56 Å². The highest BCUT2D eigenvalue weighted by atomic mass is 16.1. The number of carbonyl (C=O) groups is 1. The summed E-state index contributed by atoms with van der Waals surface area (Å²) in [6, 6.07) is 14.2. The van der Waals surface area contributed by atoms with Gasteiger partial charge >= 0.3 is 0 Å². The van der Waals surface area contributed by atoms with Crippen LogP contribution in [0.2, 0.25) is 0 Å². The van der Waals surface area contributed by atoms with E-state index in [0.717, 1.165) is 11.8 Å². The molecule has 2 aromatic rings. The average Bonchev–Trinajstić information content (AvgIpc) is 2.26. The first-order valence-electron chi connectivity index (χ1n) is 4.51. The molecule has 0 saturated heterocycles. The third kappa shape index (κ3) is 1.57. The number of hydrogen-bond acceptors (Lipinski definition) is 1. The second-order valence-electron chi connectivity index (χ2n) is 3.06. The van der Waals surface area contributed by atoms with Gasteiger partial charge in [-0.05, 0) is 22.4 Å². The van der Waals surface area contributed by atoms with Crippen molar-refractivity contribution in [2.45, 2.75) is 0 Å². The van der Waals surface area contributed by atoms with Crippen molar-refractivity contribution < 1.29 is 4.79 Å². The Labute approximate surface area is 82.7 Å². The highest BCUT2D eigenvalue weighted by Crippen LogP contribution is 2.19. The van der Waals surface area contributed by atoms with Crippen molar-refractivity contribution in [3.05, 3.63) is 54.1 Å². The van der Waals surface area contributed by atoms with E-state index in [2.05, 4.69) is 18.2 Å². The lowest BCUT2D eigenvalue weighted by atomic mass is 10.0. The Morgan fingerprint density at radius 1 is 0.929 bits per heavy atom. The fourth-order valence-electron chi connectivity index (χ4n) is 1.54. The topological polar surface area (TPSA) is 17.1 Å². The molecule has 2 rings (SSSR count). The highest BCUT2D eigenvalue weighted by molar-refractivity contribution is 5.92. The van der Waals surface area contributed by atoms with Crippen molar-refractivity contribution >= 4 is 23.1 Å². The zero-order valence-corrected chi connectivity index (χ0v) is 7.68. The second-order valence-corrected chi connectivity index (χ2v) is 3.06. The molecule has 0 unspecified atom stereocenters. The number of fused-ring (bicyclic) bond motifs is 1. The maximum Gasteiger partial charge on any atom is 0.142 e. The van der Waals surface area contributed by atoms with E-state index < -0.39 is 0 Å². The third-order valence-electron chi connectivity index (χ3n) is 2.18. The van der Waals surface area contributed by atoms with E-state index in [4.69, 9.17) is 0 Å². The van der Waals surface area contributed by atoms with Crippen molar-refractivity contribution in [2.24, 2.45) is 0 Å². The molecular weight excluding hydrogens is 172 g/mol. The number of rotatable bonds is 2. The molecule has 68 valence electrons. The minimum Gasteiger partial charge on any atom is -0.299 e. The molecule has 0 aliphatic rings. The van der Waals surface area contributed by atoms with E-state index in [1.165, 1.54) is 16.8 Å². The molecule has 0 heterocycles. The summed E-state index contributed by atoms with van der Waals surface area (Å²) in [7, 11) is 0. The number of hydrogen-bond donors (Lipinski definition) is 0. The van der Waals surface area contributed by atoms with Gasteiger partial charge in [-0.1, -0.05) is 48.5 Å². The second kappa shape index (κ2) is 3.88. The van der Waals surface area contributed by atoms with Gasteiger partial charge in [0.2, 0.25) is 0 Å². The predicted octanol–water partition coefficient (Wildman–Crippen LogP) is 3.05. The number of carbonyl (C=O) groups excluding carboxylic acids is 1. The minimum absolute atomic E-state index is 0.793. The summed E-state index contributed by atoms with van der Waals surface area (Å²) >= 11 is 0. The molecule has 0 spiro atoms. The molecule has 1 nitrogen and oxygen atoms in total. The van der Waals surface area contributed by atoms with Gasteiger partial charge in [0.05, 0.1) is 0 Å². The van der Waals surface area contributed by atoms with Gasteiger partial charge in [-0.3, -0.25) is 4.79 Å². The van der Waals surface area contributed by atoms with Gasteiger partial charge in [0.15, 0.2) is 0 Å². The van der Waals surface area contributed by atoms with Gasteiger partial charge in [-0.25, -0.2) is 0 Å². The molecule has 0 saturated carbocycles. The molecule has 0 atom stereocenters. The van der Waals surface area contributed by atoms with Gasteiger partial charge in [0.1, 0.15) is 6.29 Å². The van der Waals surface area contributed by atoms with Crippen LogP contribution in [0.15, 0.2) is 48.5 Å². The minimum atomic E-state index is 0.793. The third-order valence-corrected chi connectivity index (χ3v) is 2.18. The molecule has 0 bridgehead atoms. The fraction of sp³-hybridized carbons (Fsp3) is 0. The molecule has 14 heavy (non-hydrogen) atoms. The largest absolute Gasteiger partial charge is 0.299 e. The highest BCUT2D eigenvalue weighted by Gasteiger charge is 1.94. The van der Waals surface area contributed by atoms with Gasteiger partial charge in [-0.15, -0.1) is 0 Å². The fourth-order valence-corrected chi connectivity index (χ4v) is 1.54. The summed E-state index contributed by atoms with van der Waals surface area (Å²) < 4.78 is 0. The Hall–Kier alpha value is -1.89. The van der Waals surface area contributed by atoms with Gasteiger partial charge < -0.3 is 0 Å². The van der Waals surface area contributed by atoms with Crippen molar-refractivity contribution in [2.75, 3.05) is 0 Å². The molecule has 0 aliphatic carbocycles. The summed E-state index contributed by atoms with van der Waals surface area (Å²) in [5.74, 6) is 0. The van der Waals surface area contributed by atoms with Crippen LogP contribution < -0.4 is 0 Å². The number of aldehydes is 1. The maximum absolute atomic E-state index is 10.2. The smallest absolute Gasteiger partial charge is 0.142 e. The summed E-state index contributed by atoms with van der Waals surface area (Å²) in [5, 5.41) is 2.37. The summed E-state index contributed by atoms with van der Waals surface area (Å²) in [5.41, 5.74) is 1.08. The van der Waals surface area contributed by atoms with Crippen LogP contribution >= 0.6 is 0 Å². The van der Waals surface area contributed by atoms with Crippen LogP contribution in [0.3, 0.4) is 0 Å². The number of allylic oxidation sites excluding steroid dienone is 1. The molecule has 0 N–H and O–H groups in total. The molecule has 0 aromatic heterocycles. The van der Waals surface area contributed by atoms with Gasteiger partial charge in [-0.2, -0.15) is 0 Å². The first-order valence-corrected chi connectivity index (χ1v) is 4.51. The Balaban J connectivity index is 2.64. The molecule has 0 fully saturated rings. The molecule has 2 aromatic carbocycles. The Morgan fingerprint density at radius 2 is 1.71 bits per heavy atom. The van der Waals surface area contributed by atoms with Crippen LogP contribution in [0, 0.1) is 0 Å². The normalized spacial score (nSPS) is 10.9.